The van der Waals surface area contributed by atoms with Crippen molar-refractivity contribution in [3.05, 3.63) is 64.6 Å². The first-order chi connectivity index (χ1) is 14.0. The number of aromatic nitrogens is 2. The molecule has 6 heteroatoms. The molecule has 0 atom stereocenters. The molecule has 3 rings (SSSR count). The highest BCUT2D eigenvalue weighted by atomic mass is 16.5. The maximum absolute atomic E-state index is 12.7. The monoisotopic (exact) mass is 395 g/mol. The Morgan fingerprint density at radius 3 is 2.59 bits per heavy atom. The number of aryl methyl sites for hydroxylation is 1. The van der Waals surface area contributed by atoms with Crippen molar-refractivity contribution in [1.82, 2.24) is 14.7 Å². The van der Waals surface area contributed by atoms with Crippen LogP contribution in [0.15, 0.2) is 42.1 Å². The molecule has 0 bridgehead atoms. The normalized spacial score (nSPS) is 13.7. The Morgan fingerprint density at radius 1 is 1.17 bits per heavy atom. The molecule has 0 radical (unpaired) electrons. The van der Waals surface area contributed by atoms with Gasteiger partial charge in [-0.15, -0.1) is 0 Å². The van der Waals surface area contributed by atoms with Crippen molar-refractivity contribution in [3.63, 3.8) is 0 Å². The van der Waals surface area contributed by atoms with E-state index in [9.17, 15) is 9.59 Å². The summed E-state index contributed by atoms with van der Waals surface area (Å²) in [6.07, 6.45) is 6.27. The van der Waals surface area contributed by atoms with Crippen molar-refractivity contribution >= 4 is 11.9 Å². The quantitative estimate of drug-likeness (QED) is 0.665. The first-order valence-corrected chi connectivity index (χ1v) is 10.3. The molecule has 1 aromatic heterocycles. The molecule has 1 aliphatic carbocycles. The average Bonchev–Trinajstić information content (AvgIpc) is 3.01. The molecule has 0 unspecified atom stereocenters. The zero-order chi connectivity index (χ0) is 20.8. The number of allylic oxidation sites excluding steroid dienone is 2. The maximum atomic E-state index is 12.7. The summed E-state index contributed by atoms with van der Waals surface area (Å²) in [6.45, 7) is 6.49. The largest absolute Gasteiger partial charge is 0.452 e. The molecule has 0 fully saturated rings. The lowest BCUT2D eigenvalue weighted by Gasteiger charge is -2.26. The van der Waals surface area contributed by atoms with Gasteiger partial charge in [-0.1, -0.05) is 36.4 Å². The minimum absolute atomic E-state index is 0.180. The van der Waals surface area contributed by atoms with E-state index in [0.717, 1.165) is 42.6 Å². The number of ether oxygens (including phenoxy) is 1. The molecule has 1 aromatic carbocycles. The summed E-state index contributed by atoms with van der Waals surface area (Å²) in [5, 5.41) is 4.49. The van der Waals surface area contributed by atoms with Gasteiger partial charge in [-0.2, -0.15) is 5.10 Å². The van der Waals surface area contributed by atoms with Gasteiger partial charge in [0.15, 0.2) is 6.61 Å². The second kappa shape index (κ2) is 9.54. The van der Waals surface area contributed by atoms with Crippen LogP contribution in [0.5, 0.6) is 0 Å². The molecule has 154 valence electrons. The third kappa shape index (κ3) is 4.94. The Balaban J connectivity index is 1.66. The predicted octanol–water partition coefficient (Wildman–Crippen LogP) is 4.01. The molecule has 1 heterocycles. The number of benzene rings is 1. The fourth-order valence-corrected chi connectivity index (χ4v) is 3.79. The van der Waals surface area contributed by atoms with Crippen LogP contribution in [-0.4, -0.2) is 39.7 Å². The lowest BCUT2D eigenvalue weighted by Crippen LogP contribution is -2.34. The van der Waals surface area contributed by atoms with E-state index in [-0.39, 0.29) is 12.5 Å². The first-order valence-electron chi connectivity index (χ1n) is 10.3. The molecule has 0 saturated heterocycles. The molecule has 0 saturated carbocycles. The van der Waals surface area contributed by atoms with Gasteiger partial charge < -0.3 is 9.64 Å². The van der Waals surface area contributed by atoms with E-state index in [0.29, 0.717) is 24.3 Å². The minimum atomic E-state index is -0.499. The number of carbonyl (C=O) groups excluding carboxylic acids is 2. The van der Waals surface area contributed by atoms with Crippen LogP contribution in [0.3, 0.4) is 0 Å². The molecule has 0 spiro atoms. The number of likely N-dealkylation sites (N-methyl/N-ethyl adjacent to an activating group) is 1. The summed E-state index contributed by atoms with van der Waals surface area (Å²) in [4.78, 5) is 27.0. The molecule has 1 aliphatic rings. The van der Waals surface area contributed by atoms with Crippen LogP contribution in [0.4, 0.5) is 0 Å². The molecule has 1 amide bonds. The van der Waals surface area contributed by atoms with E-state index < -0.39 is 5.97 Å². The summed E-state index contributed by atoms with van der Waals surface area (Å²) >= 11 is 0. The Morgan fingerprint density at radius 2 is 1.93 bits per heavy atom. The number of esters is 1. The lowest BCUT2D eigenvalue weighted by atomic mass is 10.0. The van der Waals surface area contributed by atoms with Gasteiger partial charge in [0.1, 0.15) is 5.56 Å². The highest BCUT2D eigenvalue weighted by molar-refractivity contribution is 5.93. The van der Waals surface area contributed by atoms with E-state index in [1.165, 1.54) is 0 Å². The van der Waals surface area contributed by atoms with E-state index in [4.69, 9.17) is 4.74 Å². The second-order valence-electron chi connectivity index (χ2n) is 7.34. The van der Waals surface area contributed by atoms with Crippen LogP contribution in [-0.2, 0) is 16.1 Å². The van der Waals surface area contributed by atoms with E-state index in [1.807, 2.05) is 44.2 Å². The Labute approximate surface area is 172 Å². The fourth-order valence-electron chi connectivity index (χ4n) is 3.79. The van der Waals surface area contributed by atoms with Crippen molar-refractivity contribution in [3.8, 4) is 0 Å². The van der Waals surface area contributed by atoms with Crippen LogP contribution in [0.2, 0.25) is 0 Å². The van der Waals surface area contributed by atoms with Gasteiger partial charge in [-0.25, -0.2) is 4.79 Å². The number of hydrogen-bond acceptors (Lipinski definition) is 4. The minimum Gasteiger partial charge on any atom is -0.452 e. The van der Waals surface area contributed by atoms with Crippen molar-refractivity contribution in [2.24, 2.45) is 0 Å². The summed E-state index contributed by atoms with van der Waals surface area (Å²) in [7, 11) is 0. The van der Waals surface area contributed by atoms with E-state index >= 15 is 0 Å². The van der Waals surface area contributed by atoms with Crippen LogP contribution < -0.4 is 0 Å². The first kappa shape index (κ1) is 20.8. The summed E-state index contributed by atoms with van der Waals surface area (Å²) in [6, 6.07) is 9.96. The zero-order valence-electron chi connectivity index (χ0n) is 17.5. The third-order valence-corrected chi connectivity index (χ3v) is 5.32. The Bertz CT molecular complexity index is 900. The predicted molar refractivity (Wildman–Crippen MR) is 111 cm³/mol. The molecular weight excluding hydrogens is 366 g/mol. The number of rotatable bonds is 7. The molecule has 0 N–H and O–H groups in total. The lowest BCUT2D eigenvalue weighted by molar-refractivity contribution is -0.132. The highest BCUT2D eigenvalue weighted by Crippen LogP contribution is 2.21. The Hall–Kier alpha value is -2.89. The van der Waals surface area contributed by atoms with Crippen molar-refractivity contribution in [2.45, 2.75) is 53.0 Å². The smallest absolute Gasteiger partial charge is 0.342 e. The Kier molecular flexibility index (Phi) is 6.86. The molecular formula is C23H29N3O3. The number of nitrogens with zero attached hydrogens (tertiary/aromatic N) is 3. The van der Waals surface area contributed by atoms with Gasteiger partial charge in [-0.3, -0.25) is 9.48 Å². The molecule has 2 aromatic rings. The fraction of sp³-hybridized carbons (Fsp3) is 0.435. The maximum Gasteiger partial charge on any atom is 0.342 e. The third-order valence-electron chi connectivity index (χ3n) is 5.32. The van der Waals surface area contributed by atoms with Gasteiger partial charge >= 0.3 is 5.97 Å². The van der Waals surface area contributed by atoms with Crippen molar-refractivity contribution in [2.75, 3.05) is 13.2 Å². The number of hydrogen-bond donors (Lipinski definition) is 0. The topological polar surface area (TPSA) is 64.4 Å². The molecule has 6 nitrogen and oxygen atoms in total. The molecule has 0 aliphatic heterocycles. The molecule has 29 heavy (non-hydrogen) atoms. The zero-order valence-corrected chi connectivity index (χ0v) is 17.5. The SMILES string of the molecule is CCN(C(=O)COC(=O)c1c(C)nn(Cc2ccccc2)c1C)C1=CCCCC1. The standard InChI is InChI=1S/C23H29N3O3/c1-4-25(20-13-9-6-10-14-20)21(27)16-29-23(28)22-17(2)24-26(18(22)3)15-19-11-7-5-8-12-19/h5,7-8,11-13H,4,6,9-10,14-16H2,1-3H3. The van der Waals surface area contributed by atoms with Gasteiger partial charge in [0, 0.05) is 12.2 Å². The van der Waals surface area contributed by atoms with Gasteiger partial charge in [0.25, 0.3) is 5.91 Å². The van der Waals surface area contributed by atoms with Crippen molar-refractivity contribution < 1.29 is 14.3 Å². The second-order valence-corrected chi connectivity index (χ2v) is 7.34. The van der Waals surface area contributed by atoms with E-state index in [2.05, 4.69) is 11.2 Å². The van der Waals surface area contributed by atoms with Gasteiger partial charge in [-0.05, 0) is 52.0 Å². The number of amides is 1. The van der Waals surface area contributed by atoms with Gasteiger partial charge in [0.2, 0.25) is 0 Å². The number of carbonyl (C=O) groups is 2. The van der Waals surface area contributed by atoms with Crippen LogP contribution in [0.25, 0.3) is 0 Å². The van der Waals surface area contributed by atoms with E-state index in [1.54, 1.807) is 16.5 Å². The average molecular weight is 396 g/mol. The summed E-state index contributed by atoms with van der Waals surface area (Å²) in [5.41, 5.74) is 3.94. The van der Waals surface area contributed by atoms with Crippen LogP contribution in [0.1, 0.15) is 59.9 Å². The van der Waals surface area contributed by atoms with Gasteiger partial charge in [0.05, 0.1) is 17.9 Å². The summed E-state index contributed by atoms with van der Waals surface area (Å²) < 4.78 is 7.18. The van der Waals surface area contributed by atoms with Crippen LogP contribution >= 0.6 is 0 Å². The highest BCUT2D eigenvalue weighted by Gasteiger charge is 2.23. The van der Waals surface area contributed by atoms with Crippen molar-refractivity contribution in [1.29, 1.82) is 0 Å². The summed E-state index contributed by atoms with van der Waals surface area (Å²) in [5.74, 6) is -0.678. The van der Waals surface area contributed by atoms with Crippen LogP contribution in [0, 0.1) is 13.8 Å².